The van der Waals surface area contributed by atoms with Crippen LogP contribution in [-0.4, -0.2) is 27.3 Å². The summed E-state index contributed by atoms with van der Waals surface area (Å²) in [6.07, 6.45) is 1.58. The van der Waals surface area contributed by atoms with Crippen molar-refractivity contribution in [1.82, 2.24) is 20.2 Å². The molecule has 0 amide bonds. The molecule has 22 heavy (non-hydrogen) atoms. The van der Waals surface area contributed by atoms with Crippen molar-refractivity contribution < 1.29 is 4.74 Å². The molecule has 7 heteroatoms. The Bertz CT molecular complexity index is 802. The van der Waals surface area contributed by atoms with Crippen LogP contribution in [0.4, 0.5) is 11.6 Å². The van der Waals surface area contributed by atoms with E-state index in [1.165, 1.54) is 0 Å². The van der Waals surface area contributed by atoms with Gasteiger partial charge in [-0.05, 0) is 48.4 Å². The summed E-state index contributed by atoms with van der Waals surface area (Å²) in [5.74, 6) is 2.07. The van der Waals surface area contributed by atoms with E-state index in [-0.39, 0.29) is 5.28 Å². The standard InChI is InChI=1S/C15H14ClN5O/c1-9-7-10(22-2)3-4-11(9)12-8-14(21-20-12)18-13-5-6-17-15(16)19-13/h3-8H,1-2H3,(H2,17,18,19,20,21). The Morgan fingerprint density at radius 2 is 2.05 bits per heavy atom. The second kappa shape index (κ2) is 6.03. The van der Waals surface area contributed by atoms with E-state index in [0.717, 1.165) is 22.6 Å². The van der Waals surface area contributed by atoms with E-state index in [4.69, 9.17) is 16.3 Å². The van der Waals surface area contributed by atoms with Crippen LogP contribution in [0.2, 0.25) is 5.28 Å². The third-order valence-corrected chi connectivity index (χ3v) is 3.37. The number of nitrogens with one attached hydrogen (secondary N) is 2. The third-order valence-electron chi connectivity index (χ3n) is 3.18. The number of halogens is 1. The average Bonchev–Trinajstić information content (AvgIpc) is 2.95. The van der Waals surface area contributed by atoms with Gasteiger partial charge < -0.3 is 10.1 Å². The lowest BCUT2D eigenvalue weighted by Crippen LogP contribution is -1.94. The van der Waals surface area contributed by atoms with Gasteiger partial charge in [0.25, 0.3) is 0 Å². The summed E-state index contributed by atoms with van der Waals surface area (Å²) >= 11 is 5.76. The molecule has 3 aromatic rings. The number of aromatic amines is 1. The van der Waals surface area contributed by atoms with Gasteiger partial charge in [-0.1, -0.05) is 0 Å². The van der Waals surface area contributed by atoms with Crippen LogP contribution in [-0.2, 0) is 0 Å². The van der Waals surface area contributed by atoms with Crippen LogP contribution in [0.25, 0.3) is 11.3 Å². The predicted molar refractivity (Wildman–Crippen MR) is 85.6 cm³/mol. The number of benzene rings is 1. The van der Waals surface area contributed by atoms with Crippen LogP contribution in [0, 0.1) is 6.92 Å². The molecule has 0 radical (unpaired) electrons. The molecule has 0 saturated heterocycles. The number of aromatic nitrogens is 4. The van der Waals surface area contributed by atoms with Gasteiger partial charge in [0.05, 0.1) is 12.8 Å². The summed E-state index contributed by atoms with van der Waals surface area (Å²) in [4.78, 5) is 7.90. The first-order valence-electron chi connectivity index (χ1n) is 6.61. The van der Waals surface area contributed by atoms with E-state index in [2.05, 4.69) is 25.5 Å². The van der Waals surface area contributed by atoms with E-state index >= 15 is 0 Å². The van der Waals surface area contributed by atoms with Gasteiger partial charge in [-0.15, -0.1) is 0 Å². The third kappa shape index (κ3) is 3.01. The Labute approximate surface area is 132 Å². The number of hydrogen-bond donors (Lipinski definition) is 2. The van der Waals surface area contributed by atoms with E-state index in [1.807, 2.05) is 31.2 Å². The molecule has 2 N–H and O–H groups in total. The smallest absolute Gasteiger partial charge is 0.224 e. The molecule has 0 atom stereocenters. The summed E-state index contributed by atoms with van der Waals surface area (Å²) < 4.78 is 5.22. The maximum Gasteiger partial charge on any atom is 0.224 e. The van der Waals surface area contributed by atoms with Crippen molar-refractivity contribution in [3.8, 4) is 17.0 Å². The Morgan fingerprint density at radius 1 is 1.18 bits per heavy atom. The van der Waals surface area contributed by atoms with Gasteiger partial charge in [0.2, 0.25) is 5.28 Å². The van der Waals surface area contributed by atoms with E-state index in [1.54, 1.807) is 19.4 Å². The minimum absolute atomic E-state index is 0.187. The van der Waals surface area contributed by atoms with Crippen molar-refractivity contribution in [2.45, 2.75) is 6.92 Å². The average molecular weight is 316 g/mol. The normalized spacial score (nSPS) is 10.5. The van der Waals surface area contributed by atoms with Gasteiger partial charge in [-0.3, -0.25) is 5.10 Å². The van der Waals surface area contributed by atoms with Crippen molar-refractivity contribution in [3.05, 3.63) is 47.4 Å². The van der Waals surface area contributed by atoms with Crippen LogP contribution in [0.3, 0.4) is 0 Å². The maximum atomic E-state index is 5.76. The largest absolute Gasteiger partial charge is 0.497 e. The first kappa shape index (κ1) is 14.3. The zero-order chi connectivity index (χ0) is 15.5. The number of anilines is 2. The van der Waals surface area contributed by atoms with Crippen LogP contribution in [0.1, 0.15) is 5.56 Å². The number of H-pyrrole nitrogens is 1. The number of methoxy groups -OCH3 is 1. The lowest BCUT2D eigenvalue weighted by Gasteiger charge is -2.05. The molecule has 0 spiro atoms. The lowest BCUT2D eigenvalue weighted by atomic mass is 10.1. The fraction of sp³-hybridized carbons (Fsp3) is 0.133. The molecule has 3 rings (SSSR count). The molecule has 1 aromatic carbocycles. The van der Waals surface area contributed by atoms with E-state index in [9.17, 15) is 0 Å². The van der Waals surface area contributed by atoms with Gasteiger partial charge in [0.1, 0.15) is 11.6 Å². The van der Waals surface area contributed by atoms with Gasteiger partial charge in [0, 0.05) is 17.8 Å². The minimum atomic E-state index is 0.187. The molecule has 0 aliphatic heterocycles. The Balaban J connectivity index is 1.84. The maximum absolute atomic E-state index is 5.76. The van der Waals surface area contributed by atoms with Crippen LogP contribution in [0.5, 0.6) is 5.75 Å². The summed E-state index contributed by atoms with van der Waals surface area (Å²) in [6.45, 7) is 2.02. The summed E-state index contributed by atoms with van der Waals surface area (Å²) in [7, 11) is 1.65. The molecule has 2 aromatic heterocycles. The summed E-state index contributed by atoms with van der Waals surface area (Å²) in [5, 5.41) is 10.5. The zero-order valence-electron chi connectivity index (χ0n) is 12.1. The highest BCUT2D eigenvalue weighted by Gasteiger charge is 2.08. The molecule has 6 nitrogen and oxygen atoms in total. The number of aryl methyl sites for hydroxylation is 1. The van der Waals surface area contributed by atoms with Crippen molar-refractivity contribution in [2.24, 2.45) is 0 Å². The fourth-order valence-corrected chi connectivity index (χ4v) is 2.27. The van der Waals surface area contributed by atoms with Crippen LogP contribution >= 0.6 is 11.6 Å². The van der Waals surface area contributed by atoms with Gasteiger partial charge in [-0.2, -0.15) is 5.10 Å². The first-order valence-corrected chi connectivity index (χ1v) is 6.99. The Morgan fingerprint density at radius 3 is 2.77 bits per heavy atom. The van der Waals surface area contributed by atoms with E-state index in [0.29, 0.717) is 11.6 Å². The van der Waals surface area contributed by atoms with Gasteiger partial charge in [0.15, 0.2) is 5.82 Å². The number of hydrogen-bond acceptors (Lipinski definition) is 5. The molecule has 0 fully saturated rings. The van der Waals surface area contributed by atoms with Gasteiger partial charge >= 0.3 is 0 Å². The Hall–Kier alpha value is -2.60. The van der Waals surface area contributed by atoms with Crippen LogP contribution in [0.15, 0.2) is 36.5 Å². The topological polar surface area (TPSA) is 75.7 Å². The molecule has 2 heterocycles. The highest BCUT2D eigenvalue weighted by Crippen LogP contribution is 2.27. The highest BCUT2D eigenvalue weighted by molar-refractivity contribution is 6.28. The van der Waals surface area contributed by atoms with Crippen molar-refractivity contribution in [1.29, 1.82) is 0 Å². The van der Waals surface area contributed by atoms with Crippen molar-refractivity contribution in [3.63, 3.8) is 0 Å². The monoisotopic (exact) mass is 315 g/mol. The van der Waals surface area contributed by atoms with E-state index < -0.39 is 0 Å². The minimum Gasteiger partial charge on any atom is -0.497 e. The summed E-state index contributed by atoms with van der Waals surface area (Å²) in [6, 6.07) is 9.52. The first-order chi connectivity index (χ1) is 10.7. The van der Waals surface area contributed by atoms with Crippen molar-refractivity contribution >= 4 is 23.2 Å². The molecule has 0 saturated carbocycles. The van der Waals surface area contributed by atoms with Crippen LogP contribution < -0.4 is 10.1 Å². The Kier molecular flexibility index (Phi) is 3.93. The predicted octanol–water partition coefficient (Wildman–Crippen LogP) is 3.58. The number of ether oxygens (including phenoxy) is 1. The lowest BCUT2D eigenvalue weighted by molar-refractivity contribution is 0.414. The fourth-order valence-electron chi connectivity index (χ4n) is 2.12. The second-order valence-corrected chi connectivity index (χ2v) is 5.02. The molecule has 0 aliphatic rings. The molecule has 0 bridgehead atoms. The molecule has 0 unspecified atom stereocenters. The molecular weight excluding hydrogens is 302 g/mol. The second-order valence-electron chi connectivity index (χ2n) is 4.68. The van der Waals surface area contributed by atoms with Crippen molar-refractivity contribution in [2.75, 3.05) is 12.4 Å². The zero-order valence-corrected chi connectivity index (χ0v) is 12.8. The number of rotatable bonds is 4. The summed E-state index contributed by atoms with van der Waals surface area (Å²) in [5.41, 5.74) is 3.06. The number of nitrogens with zero attached hydrogens (tertiary/aromatic N) is 3. The SMILES string of the molecule is COc1ccc(-c2cc(Nc3ccnc(Cl)n3)n[nH]2)c(C)c1. The highest BCUT2D eigenvalue weighted by atomic mass is 35.5. The quantitative estimate of drug-likeness (QED) is 0.720. The molecular formula is C15H14ClN5O. The molecule has 0 aliphatic carbocycles. The van der Waals surface area contributed by atoms with Gasteiger partial charge in [-0.25, -0.2) is 9.97 Å². The molecule has 112 valence electrons.